The average Bonchev–Trinajstić information content (AvgIpc) is 2.68. The van der Waals surface area contributed by atoms with Crippen molar-refractivity contribution < 1.29 is 5.11 Å². The van der Waals surface area contributed by atoms with Crippen molar-refractivity contribution >= 4 is 11.3 Å². The van der Waals surface area contributed by atoms with Gasteiger partial charge in [-0.1, -0.05) is 32.8 Å². The molecule has 0 aliphatic heterocycles. The standard InChI is InChI=1S/C13H22OS/c1-3-8-13(14,9-4-2)10-7-12-6-5-11-15-12/h5-6,11,14H,3-4,7-10H2,1-2H3. The molecule has 1 aromatic rings. The molecule has 1 heterocycles. The molecule has 86 valence electrons. The summed E-state index contributed by atoms with van der Waals surface area (Å²) in [6, 6.07) is 4.24. The van der Waals surface area contributed by atoms with Gasteiger partial charge < -0.3 is 5.11 Å². The molecule has 1 rings (SSSR count). The van der Waals surface area contributed by atoms with Crippen LogP contribution in [0.4, 0.5) is 0 Å². The highest BCUT2D eigenvalue weighted by Crippen LogP contribution is 2.26. The highest BCUT2D eigenvalue weighted by Gasteiger charge is 2.24. The number of aliphatic hydroxyl groups is 1. The van der Waals surface area contributed by atoms with Gasteiger partial charge in [0, 0.05) is 4.88 Å². The van der Waals surface area contributed by atoms with Crippen LogP contribution in [-0.2, 0) is 6.42 Å². The maximum absolute atomic E-state index is 10.4. The van der Waals surface area contributed by atoms with Crippen LogP contribution in [0.1, 0.15) is 50.8 Å². The minimum absolute atomic E-state index is 0.423. The van der Waals surface area contributed by atoms with Crippen LogP contribution >= 0.6 is 11.3 Å². The van der Waals surface area contributed by atoms with Crippen molar-refractivity contribution in [2.24, 2.45) is 0 Å². The molecular formula is C13H22OS. The summed E-state index contributed by atoms with van der Waals surface area (Å²) in [7, 11) is 0. The fourth-order valence-corrected chi connectivity index (χ4v) is 2.83. The van der Waals surface area contributed by atoms with E-state index in [1.807, 2.05) is 0 Å². The van der Waals surface area contributed by atoms with Crippen LogP contribution < -0.4 is 0 Å². The predicted molar refractivity (Wildman–Crippen MR) is 67.4 cm³/mol. The molecule has 0 amide bonds. The normalized spacial score (nSPS) is 11.9. The number of aryl methyl sites for hydroxylation is 1. The molecule has 0 saturated carbocycles. The first-order valence-corrected chi connectivity index (χ1v) is 6.83. The second-order valence-corrected chi connectivity index (χ2v) is 5.34. The molecule has 0 radical (unpaired) electrons. The lowest BCUT2D eigenvalue weighted by molar-refractivity contribution is 0.0134. The summed E-state index contributed by atoms with van der Waals surface area (Å²) >= 11 is 1.79. The molecule has 0 spiro atoms. The SMILES string of the molecule is CCCC(O)(CCC)CCc1cccs1. The molecule has 1 aromatic heterocycles. The number of hydrogen-bond donors (Lipinski definition) is 1. The Bertz CT molecular complexity index is 248. The van der Waals surface area contributed by atoms with Crippen molar-refractivity contribution in [3.05, 3.63) is 22.4 Å². The zero-order valence-electron chi connectivity index (χ0n) is 9.83. The first-order valence-electron chi connectivity index (χ1n) is 5.95. The van der Waals surface area contributed by atoms with Gasteiger partial charge in [0.2, 0.25) is 0 Å². The lowest BCUT2D eigenvalue weighted by Crippen LogP contribution is -2.28. The lowest BCUT2D eigenvalue weighted by Gasteiger charge is -2.27. The maximum atomic E-state index is 10.4. The van der Waals surface area contributed by atoms with Crippen molar-refractivity contribution in [3.63, 3.8) is 0 Å². The van der Waals surface area contributed by atoms with Crippen LogP contribution in [0.2, 0.25) is 0 Å². The van der Waals surface area contributed by atoms with E-state index in [1.54, 1.807) is 11.3 Å². The quantitative estimate of drug-likeness (QED) is 0.744. The zero-order valence-corrected chi connectivity index (χ0v) is 10.6. The van der Waals surface area contributed by atoms with Gasteiger partial charge in [-0.2, -0.15) is 0 Å². The Morgan fingerprint density at radius 3 is 2.33 bits per heavy atom. The maximum Gasteiger partial charge on any atom is 0.0651 e. The van der Waals surface area contributed by atoms with Gasteiger partial charge in [0.15, 0.2) is 0 Å². The summed E-state index contributed by atoms with van der Waals surface area (Å²) in [5, 5.41) is 12.5. The van der Waals surface area contributed by atoms with Crippen molar-refractivity contribution in [2.45, 2.75) is 58.0 Å². The van der Waals surface area contributed by atoms with Gasteiger partial charge >= 0.3 is 0 Å². The van der Waals surface area contributed by atoms with Gasteiger partial charge in [0.05, 0.1) is 5.60 Å². The molecule has 1 N–H and O–H groups in total. The van der Waals surface area contributed by atoms with E-state index >= 15 is 0 Å². The van der Waals surface area contributed by atoms with E-state index in [-0.39, 0.29) is 0 Å². The molecule has 1 nitrogen and oxygen atoms in total. The summed E-state index contributed by atoms with van der Waals surface area (Å²) in [6.07, 6.45) is 5.95. The number of rotatable bonds is 7. The second kappa shape index (κ2) is 6.29. The molecule has 15 heavy (non-hydrogen) atoms. The van der Waals surface area contributed by atoms with Crippen LogP contribution in [0, 0.1) is 0 Å². The molecular weight excluding hydrogens is 204 g/mol. The molecule has 0 bridgehead atoms. The molecule has 0 fully saturated rings. The van der Waals surface area contributed by atoms with Gasteiger partial charge in [0.25, 0.3) is 0 Å². The third kappa shape index (κ3) is 4.35. The van der Waals surface area contributed by atoms with Gasteiger partial charge in [0.1, 0.15) is 0 Å². The Kier molecular flexibility index (Phi) is 5.34. The summed E-state index contributed by atoms with van der Waals surface area (Å²) < 4.78 is 0. The van der Waals surface area contributed by atoms with Crippen molar-refractivity contribution in [1.82, 2.24) is 0 Å². The van der Waals surface area contributed by atoms with E-state index in [1.165, 1.54) is 4.88 Å². The minimum atomic E-state index is -0.423. The Morgan fingerprint density at radius 2 is 1.87 bits per heavy atom. The molecule has 0 aromatic carbocycles. The topological polar surface area (TPSA) is 20.2 Å². The Hall–Kier alpha value is -0.340. The predicted octanol–water partition coefficient (Wildman–Crippen LogP) is 4.01. The molecule has 0 saturated heterocycles. The number of hydrogen-bond acceptors (Lipinski definition) is 2. The van der Waals surface area contributed by atoms with Crippen molar-refractivity contribution in [3.8, 4) is 0 Å². The van der Waals surface area contributed by atoms with Crippen LogP contribution in [0.5, 0.6) is 0 Å². The van der Waals surface area contributed by atoms with Gasteiger partial charge in [-0.05, 0) is 37.1 Å². The summed E-state index contributed by atoms with van der Waals surface area (Å²) in [5.74, 6) is 0. The van der Waals surface area contributed by atoms with Gasteiger partial charge in [-0.25, -0.2) is 0 Å². The zero-order chi connectivity index (χ0) is 11.1. The minimum Gasteiger partial charge on any atom is -0.390 e. The molecule has 0 aliphatic rings. The Balaban J connectivity index is 2.43. The molecule has 0 atom stereocenters. The second-order valence-electron chi connectivity index (χ2n) is 4.30. The molecule has 0 aliphatic carbocycles. The van der Waals surface area contributed by atoms with Crippen molar-refractivity contribution in [1.29, 1.82) is 0 Å². The lowest BCUT2D eigenvalue weighted by atomic mass is 9.88. The van der Waals surface area contributed by atoms with E-state index in [2.05, 4.69) is 31.4 Å². The molecule has 0 unspecified atom stereocenters. The highest BCUT2D eigenvalue weighted by molar-refractivity contribution is 7.09. The third-order valence-electron chi connectivity index (χ3n) is 2.85. The smallest absolute Gasteiger partial charge is 0.0651 e. The monoisotopic (exact) mass is 226 g/mol. The van der Waals surface area contributed by atoms with E-state index in [9.17, 15) is 5.11 Å². The van der Waals surface area contributed by atoms with E-state index in [0.29, 0.717) is 0 Å². The Labute approximate surface area is 97.2 Å². The van der Waals surface area contributed by atoms with Crippen LogP contribution in [0.15, 0.2) is 17.5 Å². The van der Waals surface area contributed by atoms with Gasteiger partial charge in [-0.15, -0.1) is 11.3 Å². The van der Waals surface area contributed by atoms with Crippen LogP contribution in [0.25, 0.3) is 0 Å². The van der Waals surface area contributed by atoms with Gasteiger partial charge in [-0.3, -0.25) is 0 Å². The summed E-state index contributed by atoms with van der Waals surface area (Å²) in [6.45, 7) is 4.29. The third-order valence-corrected chi connectivity index (χ3v) is 3.78. The van der Waals surface area contributed by atoms with E-state index in [4.69, 9.17) is 0 Å². The highest BCUT2D eigenvalue weighted by atomic mass is 32.1. The largest absolute Gasteiger partial charge is 0.390 e. The summed E-state index contributed by atoms with van der Waals surface area (Å²) in [4.78, 5) is 1.39. The molecule has 2 heteroatoms. The van der Waals surface area contributed by atoms with Crippen LogP contribution in [-0.4, -0.2) is 10.7 Å². The average molecular weight is 226 g/mol. The van der Waals surface area contributed by atoms with E-state index < -0.39 is 5.60 Å². The summed E-state index contributed by atoms with van der Waals surface area (Å²) in [5.41, 5.74) is -0.423. The fraction of sp³-hybridized carbons (Fsp3) is 0.692. The first-order chi connectivity index (χ1) is 7.20. The van der Waals surface area contributed by atoms with E-state index in [0.717, 1.165) is 38.5 Å². The van der Waals surface area contributed by atoms with Crippen molar-refractivity contribution in [2.75, 3.05) is 0 Å². The first kappa shape index (κ1) is 12.7. The fourth-order valence-electron chi connectivity index (χ4n) is 2.12. The Morgan fingerprint density at radius 1 is 1.20 bits per heavy atom. The van der Waals surface area contributed by atoms with Crippen LogP contribution in [0.3, 0.4) is 0 Å². The number of thiophene rings is 1.